The molecule has 1 N–H and O–H groups in total. The number of alkyl halides is 1. The first-order valence-corrected chi connectivity index (χ1v) is 6.73. The van der Waals surface area contributed by atoms with E-state index in [1.54, 1.807) is 30.3 Å². The van der Waals surface area contributed by atoms with Gasteiger partial charge in [0.1, 0.15) is 0 Å². The average molecular weight is 325 g/mol. The maximum absolute atomic E-state index is 12.5. The molecule has 0 aromatic heterocycles. The van der Waals surface area contributed by atoms with E-state index in [1.165, 1.54) is 0 Å². The van der Waals surface area contributed by atoms with Crippen molar-refractivity contribution in [1.82, 2.24) is 10.2 Å². The van der Waals surface area contributed by atoms with Gasteiger partial charge in [0.05, 0.1) is 0 Å². The number of urea groups is 1. The third-order valence-corrected chi connectivity index (χ3v) is 4.09. The van der Waals surface area contributed by atoms with Crippen molar-refractivity contribution in [3.05, 3.63) is 35.9 Å². The van der Waals surface area contributed by atoms with Gasteiger partial charge in [0.25, 0.3) is 11.8 Å². The van der Waals surface area contributed by atoms with Gasteiger partial charge in [-0.2, -0.15) is 0 Å². The van der Waals surface area contributed by atoms with Crippen LogP contribution in [0.25, 0.3) is 0 Å². The Morgan fingerprint density at radius 2 is 1.84 bits per heavy atom. The second-order valence-electron chi connectivity index (χ2n) is 4.24. The van der Waals surface area contributed by atoms with E-state index < -0.39 is 22.2 Å². The molecular formula is C13H13BrN2O3. The van der Waals surface area contributed by atoms with Crippen molar-refractivity contribution in [2.75, 3.05) is 6.54 Å². The summed E-state index contributed by atoms with van der Waals surface area (Å²) in [5, 5.41) is 2.21. The molecular weight excluding hydrogens is 312 g/mol. The van der Waals surface area contributed by atoms with Crippen LogP contribution < -0.4 is 5.32 Å². The Morgan fingerprint density at radius 3 is 2.42 bits per heavy atom. The van der Waals surface area contributed by atoms with Gasteiger partial charge in [0.15, 0.2) is 0 Å². The summed E-state index contributed by atoms with van der Waals surface area (Å²) in [6.45, 7) is 2.13. The topological polar surface area (TPSA) is 66.5 Å². The van der Waals surface area contributed by atoms with Crippen LogP contribution in [-0.4, -0.2) is 29.3 Å². The highest BCUT2D eigenvalue weighted by Gasteiger charge is 2.53. The molecule has 5 nitrogen and oxygen atoms in total. The number of benzene rings is 1. The third kappa shape index (κ3) is 2.16. The largest absolute Gasteiger partial charge is 0.330 e. The summed E-state index contributed by atoms with van der Waals surface area (Å²) in [6.07, 6.45) is 0.630. The molecule has 1 aliphatic heterocycles. The number of hydrogen-bond donors (Lipinski definition) is 1. The van der Waals surface area contributed by atoms with Crippen molar-refractivity contribution in [2.24, 2.45) is 0 Å². The number of carbonyl (C=O) groups is 3. The Morgan fingerprint density at radius 1 is 1.21 bits per heavy atom. The Labute approximate surface area is 119 Å². The van der Waals surface area contributed by atoms with Crippen LogP contribution >= 0.6 is 15.9 Å². The number of rotatable bonds is 3. The molecule has 4 amide bonds. The van der Waals surface area contributed by atoms with Crippen molar-refractivity contribution in [2.45, 2.75) is 17.7 Å². The van der Waals surface area contributed by atoms with Gasteiger partial charge in [-0.05, 0) is 12.0 Å². The van der Waals surface area contributed by atoms with Gasteiger partial charge in [-0.1, -0.05) is 53.2 Å². The number of amides is 4. The lowest BCUT2D eigenvalue weighted by Gasteiger charge is -2.35. The lowest BCUT2D eigenvalue weighted by molar-refractivity contribution is -0.140. The third-order valence-electron chi connectivity index (χ3n) is 2.94. The number of carbonyl (C=O) groups excluding carboxylic acids is 3. The zero-order valence-corrected chi connectivity index (χ0v) is 11.9. The standard InChI is InChI=1S/C13H13BrN2O3/c1-2-8-16-11(18)13(14,10(17)15-12(16)19)9-6-4-3-5-7-9/h3-7H,2,8H2,1H3,(H,15,17,19). The number of halogens is 1. The minimum absolute atomic E-state index is 0.276. The Bertz CT molecular complexity index is 532. The zero-order chi connectivity index (χ0) is 14.0. The number of nitrogens with one attached hydrogen (secondary N) is 1. The molecule has 2 rings (SSSR count). The van der Waals surface area contributed by atoms with Gasteiger partial charge < -0.3 is 0 Å². The van der Waals surface area contributed by atoms with Crippen molar-refractivity contribution in [3.8, 4) is 0 Å². The molecule has 6 heteroatoms. The molecule has 1 saturated heterocycles. The maximum atomic E-state index is 12.5. The van der Waals surface area contributed by atoms with Gasteiger partial charge in [-0.3, -0.25) is 19.8 Å². The molecule has 1 aromatic rings. The summed E-state index contributed by atoms with van der Waals surface area (Å²) in [4.78, 5) is 37.3. The fourth-order valence-corrected chi connectivity index (χ4v) is 2.55. The molecule has 19 heavy (non-hydrogen) atoms. The molecule has 1 fully saturated rings. The van der Waals surface area contributed by atoms with Crippen molar-refractivity contribution >= 4 is 33.8 Å². The fraction of sp³-hybridized carbons (Fsp3) is 0.308. The quantitative estimate of drug-likeness (QED) is 0.680. The lowest BCUT2D eigenvalue weighted by Crippen LogP contribution is -2.63. The maximum Gasteiger partial charge on any atom is 0.330 e. The molecule has 0 saturated carbocycles. The van der Waals surface area contributed by atoms with Crippen molar-refractivity contribution < 1.29 is 14.4 Å². The number of nitrogens with zero attached hydrogens (tertiary/aromatic N) is 1. The van der Waals surface area contributed by atoms with Crippen LogP contribution in [0.2, 0.25) is 0 Å². The Kier molecular flexibility index (Phi) is 3.71. The van der Waals surface area contributed by atoms with Crippen LogP contribution in [0.3, 0.4) is 0 Å². The van der Waals surface area contributed by atoms with Crippen LogP contribution in [0.4, 0.5) is 4.79 Å². The molecule has 0 aliphatic carbocycles. The molecule has 1 heterocycles. The van der Waals surface area contributed by atoms with E-state index >= 15 is 0 Å². The molecule has 1 unspecified atom stereocenters. The lowest BCUT2D eigenvalue weighted by atomic mass is 9.95. The predicted octanol–water partition coefficient (Wildman–Crippen LogP) is 1.77. The van der Waals surface area contributed by atoms with E-state index in [0.29, 0.717) is 12.0 Å². The Hall–Kier alpha value is -1.69. The van der Waals surface area contributed by atoms with E-state index in [2.05, 4.69) is 21.2 Å². The molecule has 1 atom stereocenters. The molecule has 0 spiro atoms. The minimum atomic E-state index is -1.53. The second kappa shape index (κ2) is 5.13. The minimum Gasteiger partial charge on any atom is -0.276 e. The zero-order valence-electron chi connectivity index (χ0n) is 10.4. The highest BCUT2D eigenvalue weighted by atomic mass is 79.9. The normalized spacial score (nSPS) is 23.5. The van der Waals surface area contributed by atoms with E-state index in [-0.39, 0.29) is 6.54 Å². The fourth-order valence-electron chi connectivity index (χ4n) is 1.98. The first-order valence-electron chi connectivity index (χ1n) is 5.93. The molecule has 100 valence electrons. The van der Waals surface area contributed by atoms with Crippen LogP contribution in [0.15, 0.2) is 30.3 Å². The molecule has 1 aliphatic rings. The van der Waals surface area contributed by atoms with Gasteiger partial charge in [-0.15, -0.1) is 0 Å². The first-order chi connectivity index (χ1) is 9.01. The number of hydrogen-bond acceptors (Lipinski definition) is 3. The van der Waals surface area contributed by atoms with E-state index in [4.69, 9.17) is 0 Å². The SMILES string of the molecule is CCCN1C(=O)NC(=O)C(Br)(c2ccccc2)C1=O. The number of barbiturate groups is 1. The van der Waals surface area contributed by atoms with E-state index in [0.717, 1.165) is 4.90 Å². The highest BCUT2D eigenvalue weighted by Crippen LogP contribution is 2.36. The van der Waals surface area contributed by atoms with Gasteiger partial charge in [0, 0.05) is 6.54 Å². The van der Waals surface area contributed by atoms with Crippen LogP contribution in [-0.2, 0) is 13.9 Å². The summed E-state index contributed by atoms with van der Waals surface area (Å²) >= 11 is 3.22. The summed E-state index contributed by atoms with van der Waals surface area (Å²) < 4.78 is -1.53. The second-order valence-corrected chi connectivity index (χ2v) is 5.43. The molecule has 1 aromatic carbocycles. The average Bonchev–Trinajstić information content (AvgIpc) is 2.42. The Balaban J connectivity index is 2.46. The molecule has 0 bridgehead atoms. The van der Waals surface area contributed by atoms with Crippen LogP contribution in [0, 0.1) is 0 Å². The molecule has 0 radical (unpaired) electrons. The van der Waals surface area contributed by atoms with Crippen molar-refractivity contribution in [1.29, 1.82) is 0 Å². The summed E-state index contributed by atoms with van der Waals surface area (Å²) in [5.74, 6) is -1.20. The summed E-state index contributed by atoms with van der Waals surface area (Å²) in [6, 6.07) is 7.94. The predicted molar refractivity (Wildman–Crippen MR) is 72.6 cm³/mol. The van der Waals surface area contributed by atoms with Crippen LogP contribution in [0.1, 0.15) is 18.9 Å². The smallest absolute Gasteiger partial charge is 0.276 e. The van der Waals surface area contributed by atoms with E-state index in [1.807, 2.05) is 6.92 Å². The van der Waals surface area contributed by atoms with Crippen molar-refractivity contribution in [3.63, 3.8) is 0 Å². The van der Waals surface area contributed by atoms with E-state index in [9.17, 15) is 14.4 Å². The monoisotopic (exact) mass is 324 g/mol. The summed E-state index contributed by atoms with van der Waals surface area (Å²) in [5.41, 5.74) is 0.506. The first kappa shape index (κ1) is 13.7. The van der Waals surface area contributed by atoms with Gasteiger partial charge >= 0.3 is 6.03 Å². The highest BCUT2D eigenvalue weighted by molar-refractivity contribution is 9.10. The van der Waals surface area contributed by atoms with Crippen LogP contribution in [0.5, 0.6) is 0 Å². The van der Waals surface area contributed by atoms with Gasteiger partial charge in [0.2, 0.25) is 4.32 Å². The van der Waals surface area contributed by atoms with Gasteiger partial charge in [-0.25, -0.2) is 4.79 Å². The number of imide groups is 2. The summed E-state index contributed by atoms with van der Waals surface area (Å²) in [7, 11) is 0.